The summed E-state index contributed by atoms with van der Waals surface area (Å²) < 4.78 is 7.41. The molecule has 1 unspecified atom stereocenters. The molecule has 6 heteroatoms. The summed E-state index contributed by atoms with van der Waals surface area (Å²) in [7, 11) is 2.22. The zero-order chi connectivity index (χ0) is 13.8. The van der Waals surface area contributed by atoms with Crippen molar-refractivity contribution >= 4 is 11.8 Å². The first kappa shape index (κ1) is 13.7. The van der Waals surface area contributed by atoms with Crippen LogP contribution >= 0.6 is 11.8 Å². The molecule has 0 spiro atoms. The molecule has 0 saturated carbocycles. The van der Waals surface area contributed by atoms with Crippen LogP contribution < -0.4 is 0 Å². The zero-order valence-electron chi connectivity index (χ0n) is 11.7. The standard InChI is InChI=1S/C14H20N4OS/c1-17-7-2-4-12(17)6-9-20-14-16-15-11-18(14)10-13-5-3-8-19-13/h3,5,8,11-12H,2,4,6-7,9-10H2,1H3. The van der Waals surface area contributed by atoms with E-state index in [9.17, 15) is 0 Å². The average Bonchev–Trinajstić information content (AvgIpc) is 3.15. The summed E-state index contributed by atoms with van der Waals surface area (Å²) in [6.45, 7) is 1.94. The quantitative estimate of drug-likeness (QED) is 0.766. The fraction of sp³-hybridized carbons (Fsp3) is 0.571. The molecular weight excluding hydrogens is 272 g/mol. The lowest BCUT2D eigenvalue weighted by Crippen LogP contribution is -2.25. The maximum Gasteiger partial charge on any atom is 0.191 e. The van der Waals surface area contributed by atoms with Crippen LogP contribution in [0.15, 0.2) is 34.3 Å². The minimum absolute atomic E-state index is 0.700. The molecule has 0 aromatic carbocycles. The summed E-state index contributed by atoms with van der Waals surface area (Å²) in [4.78, 5) is 2.47. The maximum absolute atomic E-state index is 5.37. The van der Waals surface area contributed by atoms with Gasteiger partial charge in [0.1, 0.15) is 12.1 Å². The number of thioether (sulfide) groups is 1. The van der Waals surface area contributed by atoms with Crippen LogP contribution in [-0.4, -0.2) is 45.1 Å². The molecule has 0 radical (unpaired) electrons. The number of nitrogens with zero attached hydrogens (tertiary/aromatic N) is 4. The Morgan fingerprint density at radius 3 is 3.20 bits per heavy atom. The molecule has 1 fully saturated rings. The lowest BCUT2D eigenvalue weighted by atomic mass is 10.2. The lowest BCUT2D eigenvalue weighted by Gasteiger charge is -2.18. The summed E-state index contributed by atoms with van der Waals surface area (Å²) in [6, 6.07) is 4.62. The fourth-order valence-electron chi connectivity index (χ4n) is 2.67. The Hall–Kier alpha value is -1.27. The number of furan rings is 1. The number of likely N-dealkylation sites (tertiary alicyclic amines) is 1. The number of hydrogen-bond acceptors (Lipinski definition) is 5. The highest BCUT2D eigenvalue weighted by atomic mass is 32.2. The van der Waals surface area contributed by atoms with Crippen LogP contribution in [0.4, 0.5) is 0 Å². The van der Waals surface area contributed by atoms with Gasteiger partial charge in [-0.2, -0.15) is 0 Å². The first-order valence-corrected chi connectivity index (χ1v) is 8.05. The Balaban J connectivity index is 1.51. The Bertz CT molecular complexity index is 525. The van der Waals surface area contributed by atoms with Crippen LogP contribution in [0.25, 0.3) is 0 Å². The molecule has 0 bridgehead atoms. The molecule has 1 atom stereocenters. The van der Waals surface area contributed by atoms with Gasteiger partial charge in [-0.3, -0.25) is 0 Å². The molecule has 0 amide bonds. The van der Waals surface area contributed by atoms with Gasteiger partial charge in [-0.1, -0.05) is 11.8 Å². The Morgan fingerprint density at radius 2 is 2.45 bits per heavy atom. The van der Waals surface area contributed by atoms with Gasteiger partial charge in [0.2, 0.25) is 0 Å². The molecule has 0 aliphatic carbocycles. The molecule has 2 aromatic heterocycles. The zero-order valence-corrected chi connectivity index (χ0v) is 12.6. The van der Waals surface area contributed by atoms with Crippen molar-refractivity contribution in [2.24, 2.45) is 0 Å². The summed E-state index contributed by atoms with van der Waals surface area (Å²) >= 11 is 1.79. The van der Waals surface area contributed by atoms with Crippen molar-refractivity contribution in [2.75, 3.05) is 19.3 Å². The van der Waals surface area contributed by atoms with E-state index >= 15 is 0 Å². The minimum Gasteiger partial charge on any atom is -0.467 e. The van der Waals surface area contributed by atoms with E-state index in [0.29, 0.717) is 6.54 Å². The highest BCUT2D eigenvalue weighted by Gasteiger charge is 2.20. The normalized spacial score (nSPS) is 19.8. The molecule has 3 heterocycles. The highest BCUT2D eigenvalue weighted by Crippen LogP contribution is 2.23. The van der Waals surface area contributed by atoms with Crippen molar-refractivity contribution in [3.63, 3.8) is 0 Å². The monoisotopic (exact) mass is 292 g/mol. The van der Waals surface area contributed by atoms with Gasteiger partial charge in [0, 0.05) is 11.8 Å². The van der Waals surface area contributed by atoms with E-state index in [0.717, 1.165) is 22.7 Å². The molecule has 20 heavy (non-hydrogen) atoms. The van der Waals surface area contributed by atoms with Crippen molar-refractivity contribution in [1.29, 1.82) is 0 Å². The average molecular weight is 292 g/mol. The third-order valence-corrected chi connectivity index (χ3v) is 4.85. The predicted molar refractivity (Wildman–Crippen MR) is 78.8 cm³/mol. The van der Waals surface area contributed by atoms with Gasteiger partial charge < -0.3 is 13.9 Å². The first-order valence-electron chi connectivity index (χ1n) is 7.06. The van der Waals surface area contributed by atoms with Gasteiger partial charge in [0.05, 0.1) is 12.8 Å². The lowest BCUT2D eigenvalue weighted by molar-refractivity contribution is 0.305. The van der Waals surface area contributed by atoms with E-state index in [1.54, 1.807) is 24.4 Å². The van der Waals surface area contributed by atoms with Gasteiger partial charge in [-0.25, -0.2) is 0 Å². The molecule has 1 aliphatic rings. The van der Waals surface area contributed by atoms with Crippen molar-refractivity contribution in [3.8, 4) is 0 Å². The molecule has 1 saturated heterocycles. The van der Waals surface area contributed by atoms with E-state index in [1.165, 1.54) is 25.8 Å². The maximum atomic E-state index is 5.37. The summed E-state index contributed by atoms with van der Waals surface area (Å²) in [5.41, 5.74) is 0. The second-order valence-corrected chi connectivity index (χ2v) is 6.30. The first-order chi connectivity index (χ1) is 9.83. The molecule has 1 aliphatic heterocycles. The van der Waals surface area contributed by atoms with Gasteiger partial charge in [-0.15, -0.1) is 10.2 Å². The highest BCUT2D eigenvalue weighted by molar-refractivity contribution is 7.99. The third kappa shape index (κ3) is 3.24. The number of hydrogen-bond donors (Lipinski definition) is 0. The summed E-state index contributed by atoms with van der Waals surface area (Å²) in [5.74, 6) is 2.02. The summed E-state index contributed by atoms with van der Waals surface area (Å²) in [6.07, 6.45) is 7.35. The van der Waals surface area contributed by atoms with Gasteiger partial charge >= 0.3 is 0 Å². The van der Waals surface area contributed by atoms with Crippen LogP contribution in [0.5, 0.6) is 0 Å². The van der Waals surface area contributed by atoms with E-state index in [2.05, 4.69) is 22.1 Å². The van der Waals surface area contributed by atoms with Crippen molar-refractivity contribution in [1.82, 2.24) is 19.7 Å². The molecule has 2 aromatic rings. The van der Waals surface area contributed by atoms with Crippen molar-refractivity contribution < 1.29 is 4.42 Å². The fourth-order valence-corrected chi connectivity index (χ4v) is 3.62. The van der Waals surface area contributed by atoms with Gasteiger partial charge in [-0.05, 0) is 45.0 Å². The van der Waals surface area contributed by atoms with Crippen LogP contribution in [0.3, 0.4) is 0 Å². The van der Waals surface area contributed by atoms with E-state index in [4.69, 9.17) is 4.42 Å². The molecule has 3 rings (SSSR count). The van der Waals surface area contributed by atoms with E-state index in [-0.39, 0.29) is 0 Å². The molecule has 5 nitrogen and oxygen atoms in total. The predicted octanol–water partition coefficient (Wildman–Crippen LogP) is 2.50. The Kier molecular flexibility index (Phi) is 4.42. The van der Waals surface area contributed by atoms with E-state index < -0.39 is 0 Å². The van der Waals surface area contributed by atoms with Gasteiger partial charge in [0.25, 0.3) is 0 Å². The number of aromatic nitrogens is 3. The minimum atomic E-state index is 0.700. The molecule has 0 N–H and O–H groups in total. The Labute approximate surface area is 123 Å². The second-order valence-electron chi connectivity index (χ2n) is 5.23. The SMILES string of the molecule is CN1CCCC1CCSc1nncn1Cc1ccco1. The van der Waals surface area contributed by atoms with Crippen molar-refractivity contribution in [2.45, 2.75) is 37.0 Å². The summed E-state index contributed by atoms with van der Waals surface area (Å²) in [5, 5.41) is 9.18. The Morgan fingerprint density at radius 1 is 1.50 bits per heavy atom. The van der Waals surface area contributed by atoms with Crippen molar-refractivity contribution in [3.05, 3.63) is 30.5 Å². The van der Waals surface area contributed by atoms with Crippen LogP contribution in [0.2, 0.25) is 0 Å². The second kappa shape index (κ2) is 6.45. The van der Waals surface area contributed by atoms with Gasteiger partial charge in [0.15, 0.2) is 5.16 Å². The third-order valence-electron chi connectivity index (χ3n) is 3.84. The number of rotatable bonds is 6. The topological polar surface area (TPSA) is 47.1 Å². The van der Waals surface area contributed by atoms with Crippen LogP contribution in [-0.2, 0) is 6.54 Å². The van der Waals surface area contributed by atoms with Crippen LogP contribution in [0, 0.1) is 0 Å². The molecule has 108 valence electrons. The smallest absolute Gasteiger partial charge is 0.191 e. The largest absolute Gasteiger partial charge is 0.467 e. The van der Waals surface area contributed by atoms with Crippen LogP contribution in [0.1, 0.15) is 25.0 Å². The van der Waals surface area contributed by atoms with E-state index in [1.807, 2.05) is 16.7 Å². The molecular formula is C14H20N4OS.